The molecule has 1 aliphatic rings. The number of allylic oxidation sites excluding steroid dienone is 2. The molecular formula is C35H45ClN6O. The number of hydrogen-bond acceptors (Lipinski definition) is 4. The third kappa shape index (κ3) is 7.23. The molecule has 0 saturated heterocycles. The summed E-state index contributed by atoms with van der Waals surface area (Å²) in [6.45, 7) is 16.6. The molecule has 0 aliphatic carbocycles. The first-order valence-corrected chi connectivity index (χ1v) is 15.4. The second-order valence-corrected chi connectivity index (χ2v) is 12.0. The van der Waals surface area contributed by atoms with Crippen molar-refractivity contribution in [3.05, 3.63) is 83.6 Å². The van der Waals surface area contributed by atoms with E-state index in [4.69, 9.17) is 16.6 Å². The molecule has 0 saturated carbocycles. The van der Waals surface area contributed by atoms with Gasteiger partial charge in [0.25, 0.3) is 0 Å². The van der Waals surface area contributed by atoms with Crippen LogP contribution in [0, 0.1) is 12.8 Å². The fourth-order valence-corrected chi connectivity index (χ4v) is 5.54. The summed E-state index contributed by atoms with van der Waals surface area (Å²) in [6.07, 6.45) is 8.19. The van der Waals surface area contributed by atoms with E-state index in [0.717, 1.165) is 72.6 Å². The lowest BCUT2D eigenvalue weighted by molar-refractivity contribution is -0.111. The van der Waals surface area contributed by atoms with Gasteiger partial charge in [-0.25, -0.2) is 4.99 Å². The number of aromatic nitrogens is 1. The molecule has 1 aliphatic heterocycles. The zero-order valence-corrected chi connectivity index (χ0v) is 27.2. The minimum absolute atomic E-state index is 0.108. The molecule has 2 heterocycles. The maximum absolute atomic E-state index is 12.4. The standard InChI is InChI=1S/C35H45ClN6O/c1-9-23(4)35(38-29-21-30(37-32(43)11-3)31(20-24(29)5)41(8)19-18-40(6)7)39-33(28(36)10-2)27-22-42-17-13-15-25-14-12-16-26(27)34(25)42/h10-12,14,16,20-23H,2-3,9,13,15,17-19H2,1,4-8H3,(H,37,43)(H,38,39)/b33-28+. The molecule has 1 unspecified atom stereocenters. The van der Waals surface area contributed by atoms with Crippen molar-refractivity contribution < 1.29 is 4.79 Å². The van der Waals surface area contributed by atoms with Crippen LogP contribution in [-0.4, -0.2) is 55.4 Å². The van der Waals surface area contributed by atoms with Crippen LogP contribution in [0.15, 0.2) is 71.9 Å². The number of benzene rings is 2. The van der Waals surface area contributed by atoms with Gasteiger partial charge in [0.2, 0.25) is 5.91 Å². The first kappa shape index (κ1) is 32.1. The number of anilines is 3. The topological polar surface area (TPSA) is 64.9 Å². The van der Waals surface area contributed by atoms with Crippen molar-refractivity contribution in [2.24, 2.45) is 10.9 Å². The van der Waals surface area contributed by atoms with Crippen LogP contribution in [0.3, 0.4) is 0 Å². The van der Waals surface area contributed by atoms with Gasteiger partial charge in [-0.3, -0.25) is 4.79 Å². The third-order valence-electron chi connectivity index (χ3n) is 8.14. The van der Waals surface area contributed by atoms with Crippen molar-refractivity contribution in [3.63, 3.8) is 0 Å². The monoisotopic (exact) mass is 600 g/mol. The largest absolute Gasteiger partial charge is 0.372 e. The van der Waals surface area contributed by atoms with Gasteiger partial charge in [0.05, 0.1) is 27.6 Å². The Labute approximate surface area is 261 Å². The third-order valence-corrected chi connectivity index (χ3v) is 8.47. The number of halogens is 1. The number of carbonyl (C=O) groups excluding carboxylic acids is 1. The SMILES string of the molecule is C=CC(=O)Nc1cc(NC(=N/C(=C(/Cl)C=C)c2cn3c4c(cccc24)CCC3)C(C)CC)c(C)cc1N(C)CCN(C)C. The number of para-hydroxylation sites is 1. The molecule has 0 radical (unpaired) electrons. The Morgan fingerprint density at radius 1 is 1.14 bits per heavy atom. The predicted octanol–water partition coefficient (Wildman–Crippen LogP) is 7.67. The lowest BCUT2D eigenvalue weighted by Gasteiger charge is -2.26. The molecule has 0 fully saturated rings. The molecule has 0 spiro atoms. The molecule has 7 nitrogen and oxygen atoms in total. The predicted molar refractivity (Wildman–Crippen MR) is 186 cm³/mol. The van der Waals surface area contributed by atoms with E-state index >= 15 is 0 Å². The summed E-state index contributed by atoms with van der Waals surface area (Å²) < 4.78 is 2.33. The highest BCUT2D eigenvalue weighted by molar-refractivity contribution is 6.35. The number of nitrogens with zero attached hydrogens (tertiary/aromatic N) is 4. The Bertz CT molecular complexity index is 1580. The Morgan fingerprint density at radius 3 is 2.58 bits per heavy atom. The summed E-state index contributed by atoms with van der Waals surface area (Å²) in [5, 5.41) is 8.29. The fourth-order valence-electron chi connectivity index (χ4n) is 5.39. The Morgan fingerprint density at radius 2 is 1.91 bits per heavy atom. The maximum atomic E-state index is 12.4. The number of aryl methyl sites for hydroxylation is 3. The van der Waals surface area contributed by atoms with Crippen LogP contribution in [-0.2, 0) is 17.8 Å². The number of nitrogens with one attached hydrogen (secondary N) is 2. The highest BCUT2D eigenvalue weighted by atomic mass is 35.5. The molecule has 2 N–H and O–H groups in total. The molecule has 2 aromatic carbocycles. The van der Waals surface area contributed by atoms with Gasteiger partial charge in [-0.05, 0) is 75.7 Å². The van der Waals surface area contributed by atoms with Crippen molar-refractivity contribution >= 4 is 57.0 Å². The first-order valence-electron chi connectivity index (χ1n) is 15.0. The van der Waals surface area contributed by atoms with E-state index in [2.05, 4.69) is 89.4 Å². The van der Waals surface area contributed by atoms with Crippen LogP contribution in [0.2, 0.25) is 0 Å². The molecule has 3 aromatic rings. The lowest BCUT2D eigenvalue weighted by Crippen LogP contribution is -2.29. The molecule has 228 valence electrons. The molecule has 4 rings (SSSR count). The maximum Gasteiger partial charge on any atom is 0.247 e. The van der Waals surface area contributed by atoms with Gasteiger partial charge in [0.1, 0.15) is 5.84 Å². The number of likely N-dealkylation sites (N-methyl/N-ethyl adjacent to an activating group) is 2. The second-order valence-electron chi connectivity index (χ2n) is 11.6. The van der Waals surface area contributed by atoms with E-state index in [0.29, 0.717) is 16.4 Å². The summed E-state index contributed by atoms with van der Waals surface area (Å²) in [5.41, 5.74) is 7.85. The summed E-state index contributed by atoms with van der Waals surface area (Å²) in [6, 6.07) is 10.6. The molecule has 1 amide bonds. The highest BCUT2D eigenvalue weighted by Gasteiger charge is 2.22. The molecular weight excluding hydrogens is 556 g/mol. The highest BCUT2D eigenvalue weighted by Crippen LogP contribution is 2.37. The molecule has 1 aromatic heterocycles. The van der Waals surface area contributed by atoms with Gasteiger partial charge >= 0.3 is 0 Å². The van der Waals surface area contributed by atoms with Gasteiger partial charge in [-0.2, -0.15) is 0 Å². The van der Waals surface area contributed by atoms with E-state index in [9.17, 15) is 4.79 Å². The normalized spacial score (nSPS) is 14.4. The average molecular weight is 601 g/mol. The van der Waals surface area contributed by atoms with E-state index in [1.807, 2.05) is 27.2 Å². The molecule has 43 heavy (non-hydrogen) atoms. The zero-order chi connectivity index (χ0) is 31.3. The van der Waals surface area contributed by atoms with Crippen molar-refractivity contribution in [3.8, 4) is 0 Å². The van der Waals surface area contributed by atoms with Crippen LogP contribution in [0.4, 0.5) is 17.1 Å². The summed E-state index contributed by atoms with van der Waals surface area (Å²) >= 11 is 6.86. The summed E-state index contributed by atoms with van der Waals surface area (Å²) in [5.74, 6) is 0.642. The lowest BCUT2D eigenvalue weighted by atomic mass is 10.0. The Balaban J connectivity index is 1.81. The molecule has 0 bridgehead atoms. The molecule has 1 atom stereocenters. The Kier molecular flexibility index (Phi) is 10.5. The number of rotatable bonds is 12. The number of amides is 1. The van der Waals surface area contributed by atoms with Crippen LogP contribution >= 0.6 is 11.6 Å². The quantitative estimate of drug-likeness (QED) is 0.0969. The van der Waals surface area contributed by atoms with Gasteiger partial charge in [-0.15, -0.1) is 0 Å². The minimum Gasteiger partial charge on any atom is -0.372 e. The smallest absolute Gasteiger partial charge is 0.247 e. The average Bonchev–Trinajstić information content (AvgIpc) is 3.38. The summed E-state index contributed by atoms with van der Waals surface area (Å²) in [4.78, 5) is 22.0. The van der Waals surface area contributed by atoms with Gasteiger partial charge < -0.3 is 25.0 Å². The van der Waals surface area contributed by atoms with E-state index in [-0.39, 0.29) is 11.8 Å². The number of hydrogen-bond donors (Lipinski definition) is 2. The first-order chi connectivity index (χ1) is 20.6. The van der Waals surface area contributed by atoms with Crippen molar-refractivity contribution in [1.29, 1.82) is 0 Å². The number of carbonyl (C=O) groups is 1. The van der Waals surface area contributed by atoms with E-state index in [1.165, 1.54) is 17.2 Å². The number of aliphatic imine (C=N–C) groups is 1. The van der Waals surface area contributed by atoms with Gasteiger partial charge in [0, 0.05) is 55.4 Å². The zero-order valence-electron chi connectivity index (χ0n) is 26.4. The fraction of sp³-hybridized carbons (Fsp3) is 0.371. The van der Waals surface area contributed by atoms with Gasteiger partial charge in [-0.1, -0.05) is 56.8 Å². The molecule has 8 heteroatoms. The van der Waals surface area contributed by atoms with Crippen molar-refractivity contribution in [1.82, 2.24) is 9.47 Å². The van der Waals surface area contributed by atoms with Gasteiger partial charge in [0.15, 0.2) is 0 Å². The summed E-state index contributed by atoms with van der Waals surface area (Å²) in [7, 11) is 6.13. The van der Waals surface area contributed by atoms with E-state index < -0.39 is 0 Å². The Hall–Kier alpha value is -3.81. The van der Waals surface area contributed by atoms with Crippen LogP contribution in [0.25, 0.3) is 16.6 Å². The second kappa shape index (κ2) is 14.1. The van der Waals surface area contributed by atoms with Crippen molar-refractivity contribution in [2.45, 2.75) is 46.6 Å². The van der Waals surface area contributed by atoms with Crippen molar-refractivity contribution in [2.75, 3.05) is 49.8 Å². The van der Waals surface area contributed by atoms with Crippen LogP contribution < -0.4 is 15.5 Å². The minimum atomic E-state index is -0.260. The van der Waals surface area contributed by atoms with E-state index in [1.54, 1.807) is 6.08 Å². The van der Waals surface area contributed by atoms with Crippen LogP contribution in [0.1, 0.15) is 43.4 Å². The van der Waals surface area contributed by atoms with Crippen LogP contribution in [0.5, 0.6) is 0 Å². The number of amidine groups is 1.